The number of benzene rings is 2. The second kappa shape index (κ2) is 8.43. The first-order valence-electron chi connectivity index (χ1n) is 11.2. The van der Waals surface area contributed by atoms with Gasteiger partial charge in [0.1, 0.15) is 17.9 Å². The molecule has 2 aliphatic rings. The average Bonchev–Trinajstić information content (AvgIpc) is 3.20. The maximum absolute atomic E-state index is 13.1. The van der Waals surface area contributed by atoms with Gasteiger partial charge < -0.3 is 19.0 Å². The topological polar surface area (TPSA) is 63.0 Å². The number of likely N-dealkylation sites (N-methyl/N-ethyl adjacent to an activating group) is 1. The fourth-order valence-corrected chi connectivity index (χ4v) is 5.02. The van der Waals surface area contributed by atoms with Crippen LogP contribution < -0.4 is 10.4 Å². The molecule has 0 spiro atoms. The van der Waals surface area contributed by atoms with Gasteiger partial charge in [0.15, 0.2) is 0 Å². The molecule has 2 atom stereocenters. The first-order chi connectivity index (χ1) is 15.5. The molecule has 5 rings (SSSR count). The number of nitrogens with zero attached hydrogens (tertiary/aromatic N) is 2. The molecule has 0 unspecified atom stereocenters. The molecule has 6 nitrogen and oxygen atoms in total. The van der Waals surface area contributed by atoms with Crippen molar-refractivity contribution >= 4 is 16.9 Å². The van der Waals surface area contributed by atoms with Crippen molar-refractivity contribution in [1.29, 1.82) is 0 Å². The van der Waals surface area contributed by atoms with Crippen LogP contribution in [0.15, 0.2) is 57.7 Å². The summed E-state index contributed by atoms with van der Waals surface area (Å²) in [6, 6.07) is 15.0. The highest BCUT2D eigenvalue weighted by Gasteiger charge is 2.39. The second-order valence-corrected chi connectivity index (χ2v) is 9.06. The number of piperidine rings is 1. The van der Waals surface area contributed by atoms with Crippen molar-refractivity contribution in [2.24, 2.45) is 5.92 Å². The second-order valence-electron chi connectivity index (χ2n) is 9.06. The van der Waals surface area contributed by atoms with Gasteiger partial charge in [0.25, 0.3) is 5.91 Å². The molecule has 1 aromatic heterocycles. The molecule has 6 heteroatoms. The lowest BCUT2D eigenvalue weighted by atomic mass is 9.92. The Labute approximate surface area is 187 Å². The van der Waals surface area contributed by atoms with Crippen LogP contribution in [-0.2, 0) is 6.61 Å². The number of hydrogen-bond donors (Lipinski definition) is 0. The molecule has 3 heterocycles. The van der Waals surface area contributed by atoms with Crippen LogP contribution in [0.4, 0.5) is 0 Å². The molecule has 0 radical (unpaired) electrons. The summed E-state index contributed by atoms with van der Waals surface area (Å²) in [6.07, 6.45) is 2.29. The minimum atomic E-state index is -0.364. The number of aryl methyl sites for hydroxylation is 1. The number of hydrogen-bond acceptors (Lipinski definition) is 5. The van der Waals surface area contributed by atoms with E-state index in [0.29, 0.717) is 29.9 Å². The highest BCUT2D eigenvalue weighted by atomic mass is 16.5. The molecule has 3 aromatic rings. The van der Waals surface area contributed by atoms with Gasteiger partial charge in [-0.15, -0.1) is 0 Å². The summed E-state index contributed by atoms with van der Waals surface area (Å²) >= 11 is 0. The van der Waals surface area contributed by atoms with Crippen molar-refractivity contribution in [1.82, 2.24) is 9.80 Å². The van der Waals surface area contributed by atoms with Gasteiger partial charge in [-0.1, -0.05) is 12.1 Å². The molecule has 2 aliphatic heterocycles. The van der Waals surface area contributed by atoms with Crippen molar-refractivity contribution in [3.63, 3.8) is 0 Å². The fraction of sp³-hybridized carbons (Fsp3) is 0.385. The van der Waals surface area contributed by atoms with E-state index in [1.54, 1.807) is 6.07 Å². The third-order valence-electron chi connectivity index (χ3n) is 6.86. The molecule has 0 N–H and O–H groups in total. The summed E-state index contributed by atoms with van der Waals surface area (Å²) in [5.41, 5.74) is 2.74. The molecule has 0 bridgehead atoms. The van der Waals surface area contributed by atoms with E-state index in [0.717, 1.165) is 48.1 Å². The quantitative estimate of drug-likeness (QED) is 0.586. The van der Waals surface area contributed by atoms with E-state index < -0.39 is 0 Å². The Morgan fingerprint density at radius 3 is 2.69 bits per heavy atom. The zero-order chi connectivity index (χ0) is 22.2. The predicted molar refractivity (Wildman–Crippen MR) is 123 cm³/mol. The van der Waals surface area contributed by atoms with Gasteiger partial charge >= 0.3 is 5.63 Å². The molecular formula is C26H28N2O4. The van der Waals surface area contributed by atoms with Crippen LogP contribution in [0.5, 0.6) is 5.75 Å². The van der Waals surface area contributed by atoms with Crippen molar-refractivity contribution in [3.8, 4) is 5.75 Å². The number of carbonyl (C=O) groups excluding carboxylic acids is 1. The van der Waals surface area contributed by atoms with Gasteiger partial charge in [0, 0.05) is 42.2 Å². The lowest BCUT2D eigenvalue weighted by Gasteiger charge is -2.36. The SMILES string of the molecule is Cc1cc(=O)oc2cc(OCc3ccc(C(=O)N4CC[C@H]5CCN(C)C[C@H]54)cc3)ccc12. The standard InChI is InChI=1S/C26H28N2O4/c1-17-13-25(29)32-24-14-21(7-8-22(17)24)31-16-18-3-5-20(6-4-18)26(30)28-12-10-19-9-11-27(2)15-23(19)28/h3-8,13-14,19,23H,9-12,15-16H2,1-2H3/t19-,23-/m1/s1. The summed E-state index contributed by atoms with van der Waals surface area (Å²) in [4.78, 5) is 29.1. The van der Waals surface area contributed by atoms with E-state index in [4.69, 9.17) is 9.15 Å². The van der Waals surface area contributed by atoms with Crippen molar-refractivity contribution in [3.05, 3.63) is 75.6 Å². The Balaban J connectivity index is 1.25. The Morgan fingerprint density at radius 2 is 1.88 bits per heavy atom. The maximum Gasteiger partial charge on any atom is 0.336 e. The Hall–Kier alpha value is -3.12. The first kappa shape index (κ1) is 20.8. The molecule has 32 heavy (non-hydrogen) atoms. The lowest BCUT2D eigenvalue weighted by Crippen LogP contribution is -2.48. The summed E-state index contributed by atoms with van der Waals surface area (Å²) in [7, 11) is 2.14. The largest absolute Gasteiger partial charge is 0.489 e. The number of likely N-dealkylation sites (tertiary alicyclic amines) is 2. The van der Waals surface area contributed by atoms with E-state index in [-0.39, 0.29) is 11.5 Å². The van der Waals surface area contributed by atoms with Crippen molar-refractivity contribution in [2.75, 3.05) is 26.7 Å². The molecular weight excluding hydrogens is 404 g/mol. The van der Waals surface area contributed by atoms with E-state index in [1.807, 2.05) is 43.3 Å². The molecule has 2 saturated heterocycles. The zero-order valence-electron chi connectivity index (χ0n) is 18.5. The van der Waals surface area contributed by atoms with Crippen molar-refractivity contribution in [2.45, 2.75) is 32.4 Å². The van der Waals surface area contributed by atoms with Crippen molar-refractivity contribution < 1.29 is 13.9 Å². The van der Waals surface area contributed by atoms with E-state index in [2.05, 4.69) is 16.8 Å². The lowest BCUT2D eigenvalue weighted by molar-refractivity contribution is 0.0631. The van der Waals surface area contributed by atoms with Crippen LogP contribution in [0.25, 0.3) is 11.0 Å². The molecule has 2 aromatic carbocycles. The number of rotatable bonds is 4. The normalized spacial score (nSPS) is 21.0. The van der Waals surface area contributed by atoms with Crippen LogP contribution >= 0.6 is 0 Å². The van der Waals surface area contributed by atoms with Gasteiger partial charge in [-0.25, -0.2) is 4.79 Å². The first-order valence-corrected chi connectivity index (χ1v) is 11.2. The van der Waals surface area contributed by atoms with Gasteiger partial charge in [-0.05, 0) is 74.7 Å². The molecule has 1 amide bonds. The summed E-state index contributed by atoms with van der Waals surface area (Å²) < 4.78 is 11.2. The number of amides is 1. The molecule has 0 saturated carbocycles. The Bertz CT molecular complexity index is 1200. The summed E-state index contributed by atoms with van der Waals surface area (Å²) in [6.45, 7) is 5.20. The molecule has 0 aliphatic carbocycles. The average molecular weight is 433 g/mol. The maximum atomic E-state index is 13.1. The molecule has 166 valence electrons. The van der Waals surface area contributed by atoms with Gasteiger partial charge in [-0.2, -0.15) is 0 Å². The van der Waals surface area contributed by atoms with Crippen LogP contribution in [0, 0.1) is 12.8 Å². The van der Waals surface area contributed by atoms with Crippen LogP contribution in [0.3, 0.4) is 0 Å². The minimum absolute atomic E-state index is 0.125. The third-order valence-corrected chi connectivity index (χ3v) is 6.86. The Morgan fingerprint density at radius 1 is 1.09 bits per heavy atom. The smallest absolute Gasteiger partial charge is 0.336 e. The Kier molecular flexibility index (Phi) is 5.47. The van der Waals surface area contributed by atoms with Gasteiger partial charge in [0.05, 0.1) is 0 Å². The third kappa shape index (κ3) is 4.02. The minimum Gasteiger partial charge on any atom is -0.489 e. The van der Waals surface area contributed by atoms with Crippen LogP contribution in [0.1, 0.15) is 34.3 Å². The van der Waals surface area contributed by atoms with E-state index >= 15 is 0 Å². The summed E-state index contributed by atoms with van der Waals surface area (Å²) in [5.74, 6) is 1.40. The van der Waals surface area contributed by atoms with E-state index in [9.17, 15) is 9.59 Å². The van der Waals surface area contributed by atoms with Gasteiger partial charge in [-0.3, -0.25) is 4.79 Å². The van der Waals surface area contributed by atoms with Gasteiger partial charge in [0.2, 0.25) is 0 Å². The fourth-order valence-electron chi connectivity index (χ4n) is 5.02. The monoisotopic (exact) mass is 432 g/mol. The number of fused-ring (bicyclic) bond motifs is 2. The molecule has 2 fully saturated rings. The van der Waals surface area contributed by atoms with E-state index in [1.165, 1.54) is 12.5 Å². The van der Waals surface area contributed by atoms with Crippen LogP contribution in [0.2, 0.25) is 0 Å². The highest BCUT2D eigenvalue weighted by molar-refractivity contribution is 5.94. The predicted octanol–water partition coefficient (Wildman–Crippen LogP) is 3.85. The number of ether oxygens (including phenoxy) is 1. The number of carbonyl (C=O) groups is 1. The van der Waals surface area contributed by atoms with Crippen LogP contribution in [-0.4, -0.2) is 48.4 Å². The summed E-state index contributed by atoms with van der Waals surface area (Å²) in [5, 5.41) is 0.896. The highest BCUT2D eigenvalue weighted by Crippen LogP contribution is 2.32. The zero-order valence-corrected chi connectivity index (χ0v) is 18.5.